The van der Waals surface area contributed by atoms with Gasteiger partial charge in [0.05, 0.1) is 19.8 Å². The van der Waals surface area contributed by atoms with Crippen LogP contribution in [-0.4, -0.2) is 33.0 Å². The van der Waals surface area contributed by atoms with Crippen molar-refractivity contribution in [3.05, 3.63) is 0 Å². The summed E-state index contributed by atoms with van der Waals surface area (Å²) in [5, 5.41) is 0. The van der Waals surface area contributed by atoms with Gasteiger partial charge in [-0.3, -0.25) is 0 Å². The van der Waals surface area contributed by atoms with Gasteiger partial charge < -0.3 is 15.2 Å². The summed E-state index contributed by atoms with van der Waals surface area (Å²) in [7, 11) is 1.66. The predicted molar refractivity (Wildman–Crippen MR) is 50.1 cm³/mol. The van der Waals surface area contributed by atoms with E-state index in [2.05, 4.69) is 13.8 Å². The third-order valence-corrected chi connectivity index (χ3v) is 1.54. The minimum Gasteiger partial charge on any atom is -0.382 e. The number of ether oxygens (including phenoxy) is 2. The smallest absolute Gasteiger partial charge is 0.0701 e. The summed E-state index contributed by atoms with van der Waals surface area (Å²) >= 11 is 0. The average Bonchev–Trinajstić information content (AvgIpc) is 1.97. The molecule has 74 valence electrons. The second kappa shape index (κ2) is 7.53. The lowest BCUT2D eigenvalue weighted by molar-refractivity contribution is 0.0612. The summed E-state index contributed by atoms with van der Waals surface area (Å²) in [6.45, 7) is 6.25. The highest BCUT2D eigenvalue weighted by Crippen LogP contribution is 2.02. The Bertz CT molecular complexity index is 96.5. The maximum Gasteiger partial charge on any atom is 0.0701 e. The topological polar surface area (TPSA) is 44.5 Å². The first-order chi connectivity index (χ1) is 5.66. The predicted octanol–water partition coefficient (Wildman–Crippen LogP) is 1.02. The van der Waals surface area contributed by atoms with Crippen molar-refractivity contribution in [2.45, 2.75) is 26.3 Å². The highest BCUT2D eigenvalue weighted by molar-refractivity contribution is 4.61. The fraction of sp³-hybridized carbons (Fsp3) is 1.00. The lowest BCUT2D eigenvalue weighted by atomic mass is 10.1. The molecule has 0 aromatic carbocycles. The molecule has 2 N–H and O–H groups in total. The lowest BCUT2D eigenvalue weighted by Crippen LogP contribution is -2.28. The van der Waals surface area contributed by atoms with E-state index in [0.717, 1.165) is 6.42 Å². The van der Waals surface area contributed by atoms with Crippen molar-refractivity contribution < 1.29 is 9.47 Å². The van der Waals surface area contributed by atoms with Gasteiger partial charge in [-0.05, 0) is 12.3 Å². The molecule has 0 amide bonds. The van der Waals surface area contributed by atoms with E-state index in [1.807, 2.05) is 0 Å². The Morgan fingerprint density at radius 2 is 1.92 bits per heavy atom. The molecule has 0 aromatic rings. The molecule has 3 nitrogen and oxygen atoms in total. The molecule has 0 bridgehead atoms. The van der Waals surface area contributed by atoms with Gasteiger partial charge in [-0.2, -0.15) is 0 Å². The average molecular weight is 175 g/mol. The van der Waals surface area contributed by atoms with Crippen LogP contribution in [0.5, 0.6) is 0 Å². The van der Waals surface area contributed by atoms with Gasteiger partial charge in [-0.25, -0.2) is 0 Å². The number of nitrogens with two attached hydrogens (primary N) is 1. The van der Waals surface area contributed by atoms with Gasteiger partial charge in [0.1, 0.15) is 0 Å². The molecule has 0 radical (unpaired) electrons. The summed E-state index contributed by atoms with van der Waals surface area (Å²) in [5.74, 6) is 0.644. The van der Waals surface area contributed by atoms with Crippen molar-refractivity contribution in [3.8, 4) is 0 Å². The lowest BCUT2D eigenvalue weighted by Gasteiger charge is -2.13. The van der Waals surface area contributed by atoms with Gasteiger partial charge in [0.25, 0.3) is 0 Å². The van der Waals surface area contributed by atoms with Crippen molar-refractivity contribution in [1.82, 2.24) is 0 Å². The van der Waals surface area contributed by atoms with E-state index in [4.69, 9.17) is 15.2 Å². The molecule has 12 heavy (non-hydrogen) atoms. The molecule has 1 unspecified atom stereocenters. The molecule has 1 atom stereocenters. The van der Waals surface area contributed by atoms with Crippen LogP contribution < -0.4 is 5.73 Å². The van der Waals surface area contributed by atoms with Crippen molar-refractivity contribution in [3.63, 3.8) is 0 Å². The van der Waals surface area contributed by atoms with E-state index in [9.17, 15) is 0 Å². The minimum atomic E-state index is 0.168. The molecule has 0 saturated carbocycles. The van der Waals surface area contributed by atoms with E-state index >= 15 is 0 Å². The molecular weight excluding hydrogens is 154 g/mol. The van der Waals surface area contributed by atoms with Gasteiger partial charge in [0.15, 0.2) is 0 Å². The summed E-state index contributed by atoms with van der Waals surface area (Å²) in [5.41, 5.74) is 5.79. The molecule has 0 spiro atoms. The number of hydrogen-bond acceptors (Lipinski definition) is 3. The molecule has 0 heterocycles. The zero-order valence-corrected chi connectivity index (χ0v) is 8.38. The highest BCUT2D eigenvalue weighted by Gasteiger charge is 2.04. The summed E-state index contributed by atoms with van der Waals surface area (Å²) in [6, 6.07) is 0.168. The fourth-order valence-corrected chi connectivity index (χ4v) is 1.05. The van der Waals surface area contributed by atoms with Crippen LogP contribution in [-0.2, 0) is 9.47 Å². The summed E-state index contributed by atoms with van der Waals surface area (Å²) in [6.07, 6.45) is 1.02. The monoisotopic (exact) mass is 175 g/mol. The largest absolute Gasteiger partial charge is 0.382 e. The van der Waals surface area contributed by atoms with Crippen LogP contribution in [0.2, 0.25) is 0 Å². The van der Waals surface area contributed by atoms with Gasteiger partial charge >= 0.3 is 0 Å². The van der Waals surface area contributed by atoms with Crippen LogP contribution in [0.15, 0.2) is 0 Å². The Morgan fingerprint density at radius 3 is 2.42 bits per heavy atom. The molecule has 0 aliphatic rings. The quantitative estimate of drug-likeness (QED) is 0.588. The van der Waals surface area contributed by atoms with Crippen LogP contribution in [0, 0.1) is 5.92 Å². The second-order valence-corrected chi connectivity index (χ2v) is 3.46. The van der Waals surface area contributed by atoms with Crippen molar-refractivity contribution in [2.24, 2.45) is 11.7 Å². The molecule has 0 aliphatic heterocycles. The highest BCUT2D eigenvalue weighted by atomic mass is 16.5. The number of hydrogen-bond donors (Lipinski definition) is 1. The van der Waals surface area contributed by atoms with E-state index in [0.29, 0.717) is 25.7 Å². The first kappa shape index (κ1) is 11.9. The summed E-state index contributed by atoms with van der Waals surface area (Å²) in [4.78, 5) is 0. The molecule has 0 aromatic heterocycles. The van der Waals surface area contributed by atoms with Crippen molar-refractivity contribution in [1.29, 1.82) is 0 Å². The third kappa shape index (κ3) is 7.98. The van der Waals surface area contributed by atoms with Crippen molar-refractivity contribution in [2.75, 3.05) is 26.9 Å². The Balaban J connectivity index is 3.14. The Hall–Kier alpha value is -0.120. The van der Waals surface area contributed by atoms with E-state index in [1.54, 1.807) is 7.11 Å². The zero-order chi connectivity index (χ0) is 9.40. The molecule has 0 saturated heterocycles. The third-order valence-electron chi connectivity index (χ3n) is 1.54. The van der Waals surface area contributed by atoms with Crippen LogP contribution in [0.1, 0.15) is 20.3 Å². The number of rotatable bonds is 7. The molecule has 0 fully saturated rings. The molecule has 0 aliphatic carbocycles. The van der Waals surface area contributed by atoms with E-state index < -0.39 is 0 Å². The van der Waals surface area contributed by atoms with Gasteiger partial charge in [0.2, 0.25) is 0 Å². The van der Waals surface area contributed by atoms with Gasteiger partial charge in [-0.15, -0.1) is 0 Å². The van der Waals surface area contributed by atoms with E-state index in [-0.39, 0.29) is 6.04 Å². The Kier molecular flexibility index (Phi) is 7.45. The molecule has 3 heteroatoms. The SMILES string of the molecule is COCCOCC(N)CC(C)C. The molecule has 0 rings (SSSR count). The second-order valence-electron chi connectivity index (χ2n) is 3.46. The maximum absolute atomic E-state index is 5.79. The molecular formula is C9H21NO2. The fourth-order valence-electron chi connectivity index (χ4n) is 1.05. The van der Waals surface area contributed by atoms with Crippen molar-refractivity contribution >= 4 is 0 Å². The Labute approximate surface area is 75.2 Å². The maximum atomic E-state index is 5.79. The number of methoxy groups -OCH3 is 1. The van der Waals surface area contributed by atoms with Gasteiger partial charge in [-0.1, -0.05) is 13.8 Å². The summed E-state index contributed by atoms with van der Waals surface area (Å²) < 4.78 is 10.1. The minimum absolute atomic E-state index is 0.168. The normalized spacial score (nSPS) is 13.8. The Morgan fingerprint density at radius 1 is 1.25 bits per heavy atom. The van der Waals surface area contributed by atoms with Crippen LogP contribution in [0.4, 0.5) is 0 Å². The first-order valence-corrected chi connectivity index (χ1v) is 4.49. The van der Waals surface area contributed by atoms with E-state index in [1.165, 1.54) is 0 Å². The van der Waals surface area contributed by atoms with Crippen LogP contribution in [0.25, 0.3) is 0 Å². The van der Waals surface area contributed by atoms with Crippen LogP contribution in [0.3, 0.4) is 0 Å². The standard InChI is InChI=1S/C9H21NO2/c1-8(2)6-9(10)7-12-5-4-11-3/h8-9H,4-7,10H2,1-3H3. The van der Waals surface area contributed by atoms with Gasteiger partial charge in [0, 0.05) is 13.2 Å². The zero-order valence-electron chi connectivity index (χ0n) is 8.38. The van der Waals surface area contributed by atoms with Crippen LogP contribution >= 0.6 is 0 Å². The first-order valence-electron chi connectivity index (χ1n) is 4.49.